The first-order valence-corrected chi connectivity index (χ1v) is 7.86. The number of halogens is 1. The Morgan fingerprint density at radius 1 is 0.905 bits per heavy atom. The van der Waals surface area contributed by atoms with Crippen molar-refractivity contribution in [3.63, 3.8) is 0 Å². The quantitative estimate of drug-likeness (QED) is 0.809. The molecule has 2 aromatic carbocycles. The summed E-state index contributed by atoms with van der Waals surface area (Å²) in [4.78, 5) is 0. The predicted molar refractivity (Wildman–Crippen MR) is 93.4 cm³/mol. The number of aryl methyl sites for hydroxylation is 4. The summed E-state index contributed by atoms with van der Waals surface area (Å²) >= 11 is 3.51. The van der Waals surface area contributed by atoms with Crippen molar-refractivity contribution in [2.24, 2.45) is 0 Å². The Morgan fingerprint density at radius 2 is 1.57 bits per heavy atom. The van der Waals surface area contributed by atoms with Crippen LogP contribution in [0.3, 0.4) is 0 Å². The van der Waals surface area contributed by atoms with Gasteiger partial charge in [0.15, 0.2) is 0 Å². The standard InChI is InChI=1S/C18H22BrNO/c1-11-6-13(3)15(7-12(11)2)10-20-18-14(4)8-16(19)9-17(18)21-5/h6-9,20H,10H2,1-5H3. The van der Waals surface area contributed by atoms with Crippen molar-refractivity contribution >= 4 is 21.6 Å². The molecule has 0 radical (unpaired) electrons. The number of methoxy groups -OCH3 is 1. The molecular weight excluding hydrogens is 326 g/mol. The summed E-state index contributed by atoms with van der Waals surface area (Å²) in [5, 5.41) is 3.52. The molecule has 0 atom stereocenters. The molecule has 3 heteroatoms. The molecule has 0 aliphatic heterocycles. The van der Waals surface area contributed by atoms with Crippen LogP contribution in [0.5, 0.6) is 5.75 Å². The number of rotatable bonds is 4. The minimum atomic E-state index is 0.797. The van der Waals surface area contributed by atoms with Gasteiger partial charge in [-0.1, -0.05) is 28.1 Å². The van der Waals surface area contributed by atoms with E-state index in [4.69, 9.17) is 4.74 Å². The van der Waals surface area contributed by atoms with E-state index in [1.807, 2.05) is 6.07 Å². The third-order valence-corrected chi connectivity index (χ3v) is 4.35. The third kappa shape index (κ3) is 3.59. The van der Waals surface area contributed by atoms with Crippen LogP contribution in [-0.2, 0) is 6.54 Å². The zero-order valence-electron chi connectivity index (χ0n) is 13.3. The second kappa shape index (κ2) is 6.52. The second-order valence-corrected chi connectivity index (χ2v) is 6.43. The third-order valence-electron chi connectivity index (χ3n) is 3.89. The molecule has 0 spiro atoms. The van der Waals surface area contributed by atoms with E-state index < -0.39 is 0 Å². The number of hydrogen-bond donors (Lipinski definition) is 1. The van der Waals surface area contributed by atoms with Crippen LogP contribution in [-0.4, -0.2) is 7.11 Å². The monoisotopic (exact) mass is 347 g/mol. The molecule has 0 unspecified atom stereocenters. The van der Waals surface area contributed by atoms with Gasteiger partial charge in [0.25, 0.3) is 0 Å². The van der Waals surface area contributed by atoms with Crippen LogP contribution >= 0.6 is 15.9 Å². The second-order valence-electron chi connectivity index (χ2n) is 5.52. The van der Waals surface area contributed by atoms with Crippen LogP contribution < -0.4 is 10.1 Å². The lowest BCUT2D eigenvalue weighted by atomic mass is 10.0. The first kappa shape index (κ1) is 15.9. The predicted octanol–water partition coefficient (Wildman–Crippen LogP) is 5.30. The lowest BCUT2D eigenvalue weighted by molar-refractivity contribution is 0.416. The van der Waals surface area contributed by atoms with Gasteiger partial charge in [0.05, 0.1) is 12.8 Å². The van der Waals surface area contributed by atoms with Gasteiger partial charge >= 0.3 is 0 Å². The molecule has 0 aliphatic rings. The Morgan fingerprint density at radius 3 is 2.24 bits per heavy atom. The Kier molecular flexibility index (Phi) is 4.94. The van der Waals surface area contributed by atoms with Gasteiger partial charge in [0, 0.05) is 11.0 Å². The van der Waals surface area contributed by atoms with Crippen LogP contribution in [0.4, 0.5) is 5.69 Å². The van der Waals surface area contributed by atoms with Crippen molar-refractivity contribution in [3.8, 4) is 5.75 Å². The van der Waals surface area contributed by atoms with E-state index in [-0.39, 0.29) is 0 Å². The van der Waals surface area contributed by atoms with Gasteiger partial charge in [0.2, 0.25) is 0 Å². The van der Waals surface area contributed by atoms with Crippen molar-refractivity contribution in [2.75, 3.05) is 12.4 Å². The average molecular weight is 348 g/mol. The Labute approximate surface area is 135 Å². The maximum absolute atomic E-state index is 5.48. The molecule has 0 aromatic heterocycles. The first-order valence-electron chi connectivity index (χ1n) is 7.07. The molecule has 0 heterocycles. The normalized spacial score (nSPS) is 10.6. The number of hydrogen-bond acceptors (Lipinski definition) is 2. The van der Waals surface area contributed by atoms with Gasteiger partial charge in [-0.2, -0.15) is 0 Å². The molecule has 112 valence electrons. The summed E-state index contributed by atoms with van der Waals surface area (Å²) in [6, 6.07) is 8.59. The van der Waals surface area contributed by atoms with Gasteiger partial charge in [-0.15, -0.1) is 0 Å². The fourth-order valence-electron chi connectivity index (χ4n) is 2.49. The van der Waals surface area contributed by atoms with Gasteiger partial charge in [0.1, 0.15) is 5.75 Å². The van der Waals surface area contributed by atoms with E-state index in [1.54, 1.807) is 7.11 Å². The average Bonchev–Trinajstić information content (AvgIpc) is 2.42. The van der Waals surface area contributed by atoms with Crippen LogP contribution in [0.2, 0.25) is 0 Å². The molecule has 2 nitrogen and oxygen atoms in total. The van der Waals surface area contributed by atoms with Crippen LogP contribution in [0.15, 0.2) is 28.7 Å². The Hall–Kier alpha value is -1.48. The lowest BCUT2D eigenvalue weighted by Gasteiger charge is -2.16. The van der Waals surface area contributed by atoms with Gasteiger partial charge in [-0.25, -0.2) is 0 Å². The zero-order valence-corrected chi connectivity index (χ0v) is 14.9. The van der Waals surface area contributed by atoms with E-state index >= 15 is 0 Å². The summed E-state index contributed by atoms with van der Waals surface area (Å²) < 4.78 is 6.51. The van der Waals surface area contributed by atoms with E-state index in [0.717, 1.165) is 22.5 Å². The first-order chi connectivity index (χ1) is 9.92. The lowest BCUT2D eigenvalue weighted by Crippen LogP contribution is -2.05. The fraction of sp³-hybridized carbons (Fsp3) is 0.333. The number of ether oxygens (including phenoxy) is 1. The Balaban J connectivity index is 2.26. The highest BCUT2D eigenvalue weighted by molar-refractivity contribution is 9.10. The fourth-order valence-corrected chi connectivity index (χ4v) is 3.05. The molecule has 0 amide bonds. The zero-order chi connectivity index (χ0) is 15.6. The van der Waals surface area contributed by atoms with Crippen molar-refractivity contribution in [2.45, 2.75) is 34.2 Å². The van der Waals surface area contributed by atoms with Crippen LogP contribution in [0, 0.1) is 27.7 Å². The van der Waals surface area contributed by atoms with E-state index in [1.165, 1.54) is 27.8 Å². The molecule has 0 bridgehead atoms. The van der Waals surface area contributed by atoms with E-state index in [0.29, 0.717) is 0 Å². The van der Waals surface area contributed by atoms with E-state index in [9.17, 15) is 0 Å². The molecule has 2 rings (SSSR count). The Bertz CT molecular complexity index is 665. The molecule has 21 heavy (non-hydrogen) atoms. The smallest absolute Gasteiger partial charge is 0.143 e. The molecule has 0 saturated heterocycles. The summed E-state index contributed by atoms with van der Waals surface area (Å²) in [5.74, 6) is 0.864. The van der Waals surface area contributed by atoms with Crippen molar-refractivity contribution in [3.05, 3.63) is 56.6 Å². The van der Waals surface area contributed by atoms with Crippen molar-refractivity contribution < 1.29 is 4.74 Å². The maximum Gasteiger partial charge on any atom is 0.143 e. The molecule has 0 aliphatic carbocycles. The topological polar surface area (TPSA) is 21.3 Å². The van der Waals surface area contributed by atoms with Gasteiger partial charge < -0.3 is 10.1 Å². The maximum atomic E-state index is 5.48. The summed E-state index contributed by atoms with van der Waals surface area (Å²) in [6.45, 7) is 9.36. The number of benzene rings is 2. The molecule has 1 N–H and O–H groups in total. The van der Waals surface area contributed by atoms with Crippen molar-refractivity contribution in [1.82, 2.24) is 0 Å². The van der Waals surface area contributed by atoms with Gasteiger partial charge in [-0.3, -0.25) is 0 Å². The van der Waals surface area contributed by atoms with Crippen LogP contribution in [0.1, 0.15) is 27.8 Å². The SMILES string of the molecule is COc1cc(Br)cc(C)c1NCc1cc(C)c(C)cc1C. The van der Waals surface area contributed by atoms with Gasteiger partial charge in [-0.05, 0) is 67.6 Å². The highest BCUT2D eigenvalue weighted by Gasteiger charge is 2.09. The molecule has 0 fully saturated rings. The number of anilines is 1. The minimum Gasteiger partial charge on any atom is -0.495 e. The van der Waals surface area contributed by atoms with E-state index in [2.05, 4.69) is 67.1 Å². The molecule has 0 saturated carbocycles. The molecule has 2 aromatic rings. The highest BCUT2D eigenvalue weighted by atomic mass is 79.9. The summed E-state index contributed by atoms with van der Waals surface area (Å²) in [5.41, 5.74) is 7.54. The summed E-state index contributed by atoms with van der Waals surface area (Å²) in [7, 11) is 1.70. The molecular formula is C18H22BrNO. The minimum absolute atomic E-state index is 0.797. The largest absolute Gasteiger partial charge is 0.495 e. The highest BCUT2D eigenvalue weighted by Crippen LogP contribution is 2.32. The summed E-state index contributed by atoms with van der Waals surface area (Å²) in [6.07, 6.45) is 0. The van der Waals surface area contributed by atoms with Crippen molar-refractivity contribution in [1.29, 1.82) is 0 Å². The number of nitrogens with one attached hydrogen (secondary N) is 1. The van der Waals surface area contributed by atoms with Crippen LogP contribution in [0.25, 0.3) is 0 Å².